The van der Waals surface area contributed by atoms with Crippen molar-refractivity contribution in [3.05, 3.63) is 0 Å². The van der Waals surface area contributed by atoms with Crippen LogP contribution in [0.3, 0.4) is 0 Å². The van der Waals surface area contributed by atoms with Gasteiger partial charge in [0.05, 0.1) is 12.1 Å². The van der Waals surface area contributed by atoms with Crippen LogP contribution in [0.1, 0.15) is 20.8 Å². The maximum Gasteiger partial charge on any atom is 0.233 e. The quantitative estimate of drug-likeness (QED) is 0.412. The van der Waals surface area contributed by atoms with Crippen molar-refractivity contribution in [3.63, 3.8) is 0 Å². The van der Waals surface area contributed by atoms with Gasteiger partial charge >= 0.3 is 0 Å². The predicted octanol–water partition coefficient (Wildman–Crippen LogP) is 1.57. The number of halogens is 1. The van der Waals surface area contributed by atoms with Gasteiger partial charge < -0.3 is 0 Å². The van der Waals surface area contributed by atoms with Crippen LogP contribution in [0.15, 0.2) is 0 Å². The summed E-state index contributed by atoms with van der Waals surface area (Å²) in [5.74, 6) is 0. The molecule has 0 aliphatic heterocycles. The van der Waals surface area contributed by atoms with Crippen LogP contribution in [-0.4, -0.2) is 28.9 Å². The van der Waals surface area contributed by atoms with Gasteiger partial charge in [-0.15, -0.1) is 0 Å². The molecule has 0 bridgehead atoms. The van der Waals surface area contributed by atoms with Crippen molar-refractivity contribution in [2.75, 3.05) is 11.9 Å². The molecule has 0 aliphatic rings. The smallest absolute Gasteiger partial charge is 0.233 e. The number of carbonyl (C=O) groups is 1. The number of nitrogens with zero attached hydrogens (tertiary/aromatic N) is 1. The number of hydroxylamine groups is 2. The first kappa shape index (κ1) is 10.9. The highest BCUT2D eigenvalue weighted by atomic mass is 79.9. The van der Waals surface area contributed by atoms with Gasteiger partial charge in [-0.05, 0) is 20.8 Å². The average Bonchev–Trinajstić information content (AvgIpc) is 1.84. The zero-order chi connectivity index (χ0) is 8.91. The maximum atomic E-state index is 10.4. The number of amides is 1. The minimum atomic E-state index is -0.302. The van der Waals surface area contributed by atoms with Crippen LogP contribution in [0, 0.1) is 0 Å². The Labute approximate surface area is 75.8 Å². The van der Waals surface area contributed by atoms with E-state index in [9.17, 15) is 4.79 Å². The van der Waals surface area contributed by atoms with E-state index >= 15 is 0 Å². The molecular weight excluding hydrogens is 210 g/mol. The molecule has 0 heterocycles. The second-order valence-electron chi connectivity index (χ2n) is 3.14. The molecule has 11 heavy (non-hydrogen) atoms. The summed E-state index contributed by atoms with van der Waals surface area (Å²) in [5, 5.41) is 2.01. The zero-order valence-electron chi connectivity index (χ0n) is 7.13. The van der Waals surface area contributed by atoms with Crippen molar-refractivity contribution < 1.29 is 9.63 Å². The monoisotopic (exact) mass is 223 g/mol. The molecular formula is C7H14BrNO2. The lowest BCUT2D eigenvalue weighted by atomic mass is 10.2. The van der Waals surface area contributed by atoms with Crippen LogP contribution in [0.25, 0.3) is 0 Å². The maximum absolute atomic E-state index is 10.4. The molecule has 3 nitrogen and oxygen atoms in total. The van der Waals surface area contributed by atoms with E-state index in [0.717, 1.165) is 5.33 Å². The van der Waals surface area contributed by atoms with E-state index in [1.54, 1.807) is 0 Å². The molecule has 0 rings (SSSR count). The van der Waals surface area contributed by atoms with Crippen LogP contribution in [-0.2, 0) is 9.63 Å². The van der Waals surface area contributed by atoms with Gasteiger partial charge in [0.15, 0.2) is 0 Å². The number of hydrogen-bond acceptors (Lipinski definition) is 2. The van der Waals surface area contributed by atoms with Crippen LogP contribution in [0.4, 0.5) is 0 Å². The lowest BCUT2D eigenvalue weighted by Gasteiger charge is -2.25. The summed E-state index contributed by atoms with van der Waals surface area (Å²) >= 11 is 3.22. The molecule has 4 heteroatoms. The number of carbonyl (C=O) groups excluding carboxylic acids is 1. The van der Waals surface area contributed by atoms with Crippen molar-refractivity contribution >= 4 is 22.3 Å². The van der Waals surface area contributed by atoms with E-state index in [1.165, 1.54) is 5.06 Å². The molecule has 0 aromatic rings. The second-order valence-corrected chi connectivity index (χ2v) is 3.93. The Bertz CT molecular complexity index is 122. The largest absolute Gasteiger partial charge is 0.276 e. The number of hydrogen-bond donors (Lipinski definition) is 0. The summed E-state index contributed by atoms with van der Waals surface area (Å²) in [5.41, 5.74) is -0.302. The van der Waals surface area contributed by atoms with Gasteiger partial charge in [-0.25, -0.2) is 5.06 Å². The van der Waals surface area contributed by atoms with E-state index in [4.69, 9.17) is 4.84 Å². The standard InChI is InChI=1S/C7H14BrNO2/c1-7(2,3)11-9(6-10)5-4-8/h6H,4-5H2,1-3H3. The van der Waals surface area contributed by atoms with Gasteiger partial charge in [0.25, 0.3) is 0 Å². The molecule has 0 aromatic heterocycles. The summed E-state index contributed by atoms with van der Waals surface area (Å²) in [6.45, 7) is 6.27. The first-order chi connectivity index (χ1) is 4.99. The van der Waals surface area contributed by atoms with Gasteiger partial charge in [-0.3, -0.25) is 9.63 Å². The zero-order valence-corrected chi connectivity index (χ0v) is 8.72. The van der Waals surface area contributed by atoms with Crippen molar-refractivity contribution in [1.82, 2.24) is 5.06 Å². The molecule has 0 saturated carbocycles. The first-order valence-corrected chi connectivity index (χ1v) is 4.59. The Balaban J connectivity index is 3.77. The van der Waals surface area contributed by atoms with Gasteiger partial charge in [-0.1, -0.05) is 15.9 Å². The summed E-state index contributed by atoms with van der Waals surface area (Å²) in [6.07, 6.45) is 0.687. The van der Waals surface area contributed by atoms with E-state index < -0.39 is 0 Å². The van der Waals surface area contributed by atoms with Gasteiger partial charge in [0, 0.05) is 5.33 Å². The Morgan fingerprint density at radius 2 is 2.09 bits per heavy atom. The summed E-state index contributed by atoms with van der Waals surface area (Å²) in [6, 6.07) is 0. The lowest BCUT2D eigenvalue weighted by molar-refractivity contribution is -0.213. The Morgan fingerprint density at radius 1 is 1.55 bits per heavy atom. The normalized spacial score (nSPS) is 11.3. The highest BCUT2D eigenvalue weighted by molar-refractivity contribution is 9.09. The van der Waals surface area contributed by atoms with E-state index in [1.807, 2.05) is 20.8 Å². The summed E-state index contributed by atoms with van der Waals surface area (Å²) in [7, 11) is 0. The van der Waals surface area contributed by atoms with Gasteiger partial charge in [0.2, 0.25) is 6.41 Å². The molecule has 0 N–H and O–H groups in total. The topological polar surface area (TPSA) is 29.5 Å². The van der Waals surface area contributed by atoms with Crippen LogP contribution in [0.2, 0.25) is 0 Å². The first-order valence-electron chi connectivity index (χ1n) is 3.46. The molecule has 0 atom stereocenters. The SMILES string of the molecule is CC(C)(C)ON(C=O)CCBr. The highest BCUT2D eigenvalue weighted by Crippen LogP contribution is 2.08. The molecule has 0 saturated heterocycles. The second kappa shape index (κ2) is 4.72. The third-order valence-electron chi connectivity index (χ3n) is 0.814. The Kier molecular flexibility index (Phi) is 4.68. The molecule has 0 aliphatic carbocycles. The molecule has 0 radical (unpaired) electrons. The minimum absolute atomic E-state index is 0.302. The summed E-state index contributed by atoms with van der Waals surface area (Å²) < 4.78 is 0. The van der Waals surface area contributed by atoms with Crippen molar-refractivity contribution in [1.29, 1.82) is 0 Å². The van der Waals surface area contributed by atoms with Gasteiger partial charge in [-0.2, -0.15) is 0 Å². The van der Waals surface area contributed by atoms with E-state index in [0.29, 0.717) is 13.0 Å². The molecule has 1 amide bonds. The summed E-state index contributed by atoms with van der Waals surface area (Å²) in [4.78, 5) is 15.6. The molecule has 0 aromatic carbocycles. The van der Waals surface area contributed by atoms with Crippen LogP contribution >= 0.6 is 15.9 Å². The number of rotatable bonds is 4. The van der Waals surface area contributed by atoms with Crippen molar-refractivity contribution in [2.24, 2.45) is 0 Å². The van der Waals surface area contributed by atoms with Crippen LogP contribution < -0.4 is 0 Å². The molecule has 0 unspecified atom stereocenters. The average molecular weight is 224 g/mol. The third-order valence-corrected chi connectivity index (χ3v) is 1.17. The fraction of sp³-hybridized carbons (Fsp3) is 0.857. The predicted molar refractivity (Wildman–Crippen MR) is 47.4 cm³/mol. The Hall–Kier alpha value is -0.0900. The fourth-order valence-corrected chi connectivity index (χ4v) is 0.904. The molecule has 0 spiro atoms. The number of alkyl halides is 1. The van der Waals surface area contributed by atoms with Crippen LogP contribution in [0.5, 0.6) is 0 Å². The lowest BCUT2D eigenvalue weighted by Crippen LogP contribution is -2.34. The van der Waals surface area contributed by atoms with E-state index in [2.05, 4.69) is 15.9 Å². The van der Waals surface area contributed by atoms with Crippen molar-refractivity contribution in [3.8, 4) is 0 Å². The molecule has 66 valence electrons. The van der Waals surface area contributed by atoms with Crippen molar-refractivity contribution in [2.45, 2.75) is 26.4 Å². The molecule has 0 fully saturated rings. The highest BCUT2D eigenvalue weighted by Gasteiger charge is 2.14. The van der Waals surface area contributed by atoms with E-state index in [-0.39, 0.29) is 5.60 Å². The third kappa shape index (κ3) is 6.31. The fourth-order valence-electron chi connectivity index (χ4n) is 0.555. The Morgan fingerprint density at radius 3 is 2.36 bits per heavy atom. The van der Waals surface area contributed by atoms with Gasteiger partial charge in [0.1, 0.15) is 0 Å². The minimum Gasteiger partial charge on any atom is -0.276 e.